The van der Waals surface area contributed by atoms with Crippen molar-refractivity contribution in [2.75, 3.05) is 25.2 Å². The van der Waals surface area contributed by atoms with Crippen LogP contribution in [-0.2, 0) is 4.79 Å². The summed E-state index contributed by atoms with van der Waals surface area (Å²) in [5.74, 6) is -0.126. The Balaban J connectivity index is 1.50. The number of carbonyl (C=O) groups excluding carboxylic acids is 3. The number of hydrogen-bond acceptors (Lipinski definition) is 5. The number of ether oxygens (including phenoxy) is 1. The molecule has 0 spiro atoms. The number of amides is 3. The third kappa shape index (κ3) is 3.75. The molecule has 2 atom stereocenters. The van der Waals surface area contributed by atoms with Gasteiger partial charge in [-0.15, -0.1) is 11.8 Å². The van der Waals surface area contributed by atoms with E-state index in [1.165, 1.54) is 7.11 Å². The maximum absolute atomic E-state index is 12.9. The van der Waals surface area contributed by atoms with Crippen molar-refractivity contribution >= 4 is 35.2 Å². The molecule has 0 saturated carbocycles. The minimum absolute atomic E-state index is 0.159. The Morgan fingerprint density at radius 1 is 1.23 bits per heavy atom. The molecule has 2 aliphatic heterocycles. The van der Waals surface area contributed by atoms with E-state index in [2.05, 4.69) is 10.6 Å². The SMILES string of the molecule is COc1cc(SC)ccc1C(=O)N[C@H]1CCN2C(=O)c3ccccc3NC(=O)[C@@H]2C1. The van der Waals surface area contributed by atoms with Gasteiger partial charge in [0, 0.05) is 17.5 Å². The molecule has 1 saturated heterocycles. The number of fused-ring (bicyclic) bond motifs is 2. The first-order valence-electron chi connectivity index (χ1n) is 9.75. The van der Waals surface area contributed by atoms with Gasteiger partial charge in [-0.2, -0.15) is 0 Å². The molecule has 1 fully saturated rings. The van der Waals surface area contributed by atoms with E-state index < -0.39 is 6.04 Å². The maximum Gasteiger partial charge on any atom is 0.256 e. The summed E-state index contributed by atoms with van der Waals surface area (Å²) in [6.07, 6.45) is 2.90. The van der Waals surface area contributed by atoms with Crippen LogP contribution in [0.5, 0.6) is 5.75 Å². The summed E-state index contributed by atoms with van der Waals surface area (Å²) < 4.78 is 5.38. The predicted octanol–water partition coefficient (Wildman–Crippen LogP) is 2.77. The van der Waals surface area contributed by atoms with Crippen molar-refractivity contribution in [2.24, 2.45) is 0 Å². The molecule has 2 heterocycles. The Bertz CT molecular complexity index is 1010. The van der Waals surface area contributed by atoms with Crippen molar-refractivity contribution in [3.05, 3.63) is 53.6 Å². The average Bonchev–Trinajstić information content (AvgIpc) is 2.87. The third-order valence-electron chi connectivity index (χ3n) is 5.57. The number of piperidine rings is 1. The molecular weight excluding hydrogens is 402 g/mol. The molecule has 0 bridgehead atoms. The number of rotatable bonds is 4. The molecule has 2 aromatic rings. The van der Waals surface area contributed by atoms with Crippen molar-refractivity contribution in [2.45, 2.75) is 29.8 Å². The number of para-hydroxylation sites is 1. The monoisotopic (exact) mass is 425 g/mol. The second kappa shape index (κ2) is 8.39. The summed E-state index contributed by atoms with van der Waals surface area (Å²) in [5, 5.41) is 5.87. The summed E-state index contributed by atoms with van der Waals surface area (Å²) in [5.41, 5.74) is 1.47. The normalized spacial score (nSPS) is 20.5. The first-order valence-corrected chi connectivity index (χ1v) is 11.0. The van der Waals surface area contributed by atoms with Gasteiger partial charge in [-0.1, -0.05) is 12.1 Å². The molecular formula is C22H23N3O4S. The van der Waals surface area contributed by atoms with Crippen LogP contribution in [-0.4, -0.2) is 54.6 Å². The van der Waals surface area contributed by atoms with E-state index in [0.29, 0.717) is 42.0 Å². The van der Waals surface area contributed by atoms with E-state index in [1.54, 1.807) is 47.0 Å². The number of thioether (sulfide) groups is 1. The fourth-order valence-electron chi connectivity index (χ4n) is 3.99. The minimum Gasteiger partial charge on any atom is -0.496 e. The average molecular weight is 426 g/mol. The maximum atomic E-state index is 12.9. The van der Waals surface area contributed by atoms with Crippen molar-refractivity contribution in [3.63, 3.8) is 0 Å². The number of anilines is 1. The van der Waals surface area contributed by atoms with Gasteiger partial charge in [0.05, 0.1) is 23.9 Å². The van der Waals surface area contributed by atoms with Crippen molar-refractivity contribution in [1.82, 2.24) is 10.2 Å². The highest BCUT2D eigenvalue weighted by atomic mass is 32.2. The molecule has 2 N–H and O–H groups in total. The van der Waals surface area contributed by atoms with E-state index in [9.17, 15) is 14.4 Å². The van der Waals surface area contributed by atoms with Gasteiger partial charge in [-0.05, 0) is 49.4 Å². The molecule has 0 unspecified atom stereocenters. The quantitative estimate of drug-likeness (QED) is 0.736. The molecule has 0 radical (unpaired) electrons. The van der Waals surface area contributed by atoms with Crippen LogP contribution in [0.2, 0.25) is 0 Å². The molecule has 0 aliphatic carbocycles. The molecule has 0 aromatic heterocycles. The zero-order valence-electron chi connectivity index (χ0n) is 16.8. The van der Waals surface area contributed by atoms with Gasteiger partial charge >= 0.3 is 0 Å². The fraction of sp³-hybridized carbons (Fsp3) is 0.318. The molecule has 30 heavy (non-hydrogen) atoms. The van der Waals surface area contributed by atoms with Crippen LogP contribution >= 0.6 is 11.8 Å². The number of nitrogens with zero attached hydrogens (tertiary/aromatic N) is 1. The van der Waals surface area contributed by atoms with Crippen LogP contribution in [0.25, 0.3) is 0 Å². The van der Waals surface area contributed by atoms with Crippen LogP contribution in [0.3, 0.4) is 0 Å². The van der Waals surface area contributed by atoms with E-state index in [-0.39, 0.29) is 23.8 Å². The second-order valence-electron chi connectivity index (χ2n) is 7.31. The number of nitrogens with one attached hydrogen (secondary N) is 2. The number of hydrogen-bond donors (Lipinski definition) is 2. The van der Waals surface area contributed by atoms with E-state index in [1.807, 2.05) is 18.4 Å². The second-order valence-corrected chi connectivity index (χ2v) is 8.19. The predicted molar refractivity (Wildman–Crippen MR) is 115 cm³/mol. The Morgan fingerprint density at radius 3 is 2.80 bits per heavy atom. The highest BCUT2D eigenvalue weighted by Crippen LogP contribution is 2.29. The molecule has 8 heteroatoms. The first-order chi connectivity index (χ1) is 14.5. The van der Waals surface area contributed by atoms with Crippen LogP contribution in [0.4, 0.5) is 5.69 Å². The number of methoxy groups -OCH3 is 1. The van der Waals surface area contributed by atoms with Gasteiger partial charge in [-0.3, -0.25) is 14.4 Å². The summed E-state index contributed by atoms with van der Waals surface area (Å²) in [6.45, 7) is 0.402. The zero-order valence-corrected chi connectivity index (χ0v) is 17.6. The topological polar surface area (TPSA) is 87.7 Å². The Kier molecular flexibility index (Phi) is 5.67. The molecule has 2 aliphatic rings. The zero-order chi connectivity index (χ0) is 21.3. The summed E-state index contributed by atoms with van der Waals surface area (Å²) in [7, 11) is 1.54. The lowest BCUT2D eigenvalue weighted by Crippen LogP contribution is -2.55. The lowest BCUT2D eigenvalue weighted by atomic mass is 9.95. The molecule has 3 amide bonds. The van der Waals surface area contributed by atoms with Crippen molar-refractivity contribution in [3.8, 4) is 5.75 Å². The van der Waals surface area contributed by atoms with Gasteiger partial charge < -0.3 is 20.3 Å². The molecule has 7 nitrogen and oxygen atoms in total. The van der Waals surface area contributed by atoms with Crippen molar-refractivity contribution in [1.29, 1.82) is 0 Å². The van der Waals surface area contributed by atoms with Crippen LogP contribution in [0.15, 0.2) is 47.4 Å². The standard InChI is InChI=1S/C22H23N3O4S/c1-29-19-12-14(30-2)7-8-16(19)20(26)23-13-9-10-25-18(11-13)21(27)24-17-6-4-3-5-15(17)22(25)28/h3-8,12-13,18H,9-11H2,1-2H3,(H,23,26)(H,24,27)/t13-,18-/m0/s1. The van der Waals surface area contributed by atoms with E-state index in [4.69, 9.17) is 4.74 Å². The van der Waals surface area contributed by atoms with E-state index >= 15 is 0 Å². The van der Waals surface area contributed by atoms with Gasteiger partial charge in [-0.25, -0.2) is 0 Å². The van der Waals surface area contributed by atoms with Gasteiger partial charge in [0.15, 0.2) is 0 Å². The fourth-order valence-corrected chi connectivity index (χ4v) is 4.42. The van der Waals surface area contributed by atoms with Crippen LogP contribution < -0.4 is 15.4 Å². The lowest BCUT2D eigenvalue weighted by Gasteiger charge is -2.37. The molecule has 4 rings (SSSR count). The Morgan fingerprint density at radius 2 is 2.03 bits per heavy atom. The van der Waals surface area contributed by atoms with Gasteiger partial charge in [0.1, 0.15) is 11.8 Å². The largest absolute Gasteiger partial charge is 0.496 e. The van der Waals surface area contributed by atoms with Crippen LogP contribution in [0.1, 0.15) is 33.6 Å². The van der Waals surface area contributed by atoms with Gasteiger partial charge in [0.25, 0.3) is 11.8 Å². The highest BCUT2D eigenvalue weighted by Gasteiger charge is 2.40. The Labute approximate surface area is 179 Å². The summed E-state index contributed by atoms with van der Waals surface area (Å²) in [4.78, 5) is 41.2. The number of carbonyl (C=O) groups is 3. The first kappa shape index (κ1) is 20.3. The summed E-state index contributed by atoms with van der Waals surface area (Å²) in [6, 6.07) is 11.6. The smallest absolute Gasteiger partial charge is 0.256 e. The third-order valence-corrected chi connectivity index (χ3v) is 6.30. The molecule has 2 aromatic carbocycles. The van der Waals surface area contributed by atoms with E-state index in [0.717, 1.165) is 4.90 Å². The van der Waals surface area contributed by atoms with Crippen LogP contribution in [0, 0.1) is 0 Å². The Hall–Kier alpha value is -3.00. The molecule has 156 valence electrons. The highest BCUT2D eigenvalue weighted by molar-refractivity contribution is 7.98. The van der Waals surface area contributed by atoms with Gasteiger partial charge in [0.2, 0.25) is 5.91 Å². The van der Waals surface area contributed by atoms with Crippen molar-refractivity contribution < 1.29 is 19.1 Å². The minimum atomic E-state index is -0.621. The number of benzene rings is 2. The lowest BCUT2D eigenvalue weighted by molar-refractivity contribution is -0.121. The summed E-state index contributed by atoms with van der Waals surface area (Å²) >= 11 is 1.57.